The third kappa shape index (κ3) is 10.1. The fourth-order valence-corrected chi connectivity index (χ4v) is 1.97. The van der Waals surface area contributed by atoms with Gasteiger partial charge in [-0.1, -0.05) is 0 Å². The third-order valence-corrected chi connectivity index (χ3v) is 3.24. The molecule has 0 spiro atoms. The maximum absolute atomic E-state index is 5.77. The van der Waals surface area contributed by atoms with Crippen LogP contribution in [0.25, 0.3) is 0 Å². The zero-order valence-corrected chi connectivity index (χ0v) is 13.3. The van der Waals surface area contributed by atoms with Crippen LogP contribution in [0.4, 0.5) is 0 Å². The molecule has 0 aromatic rings. The van der Waals surface area contributed by atoms with Crippen molar-refractivity contribution < 1.29 is 33.3 Å². The summed E-state index contributed by atoms with van der Waals surface area (Å²) >= 11 is 0. The van der Waals surface area contributed by atoms with Gasteiger partial charge in [-0.25, -0.2) is 0 Å². The second-order valence-electron chi connectivity index (χ2n) is 4.84. The van der Waals surface area contributed by atoms with Crippen molar-refractivity contribution in [2.45, 2.75) is 6.29 Å². The summed E-state index contributed by atoms with van der Waals surface area (Å²) in [6, 6.07) is 0. The van der Waals surface area contributed by atoms with Crippen molar-refractivity contribution in [2.75, 3.05) is 86.7 Å². The van der Waals surface area contributed by atoms with Gasteiger partial charge in [-0.3, -0.25) is 0 Å². The maximum Gasteiger partial charge on any atom is 0.181 e. The molecule has 1 saturated heterocycles. The van der Waals surface area contributed by atoms with E-state index in [1.807, 2.05) is 0 Å². The van der Waals surface area contributed by atoms with E-state index < -0.39 is 0 Å². The number of nitrogens with one attached hydrogen (secondary N) is 1. The molecule has 0 aliphatic carbocycles. The molecule has 1 aliphatic heterocycles. The zero-order chi connectivity index (χ0) is 15.2. The molecular formula is C14H30NO6+. The van der Waals surface area contributed by atoms with Crippen molar-refractivity contribution in [2.24, 2.45) is 0 Å². The molecule has 0 saturated carbocycles. The molecule has 0 aromatic carbocycles. The minimum absolute atomic E-state index is 0.350. The van der Waals surface area contributed by atoms with Crippen molar-refractivity contribution in [1.82, 2.24) is 0 Å². The number of hydrogen-bond donors (Lipinski definition) is 1. The van der Waals surface area contributed by atoms with Gasteiger partial charge in [0.15, 0.2) is 6.29 Å². The van der Waals surface area contributed by atoms with Crippen LogP contribution in [0.15, 0.2) is 0 Å². The number of hydrogen-bond acceptors (Lipinski definition) is 6. The second-order valence-corrected chi connectivity index (χ2v) is 4.84. The maximum atomic E-state index is 5.77. The van der Waals surface area contributed by atoms with Crippen molar-refractivity contribution in [1.29, 1.82) is 0 Å². The number of morpholine rings is 1. The Kier molecular flexibility index (Phi) is 12.0. The third-order valence-electron chi connectivity index (χ3n) is 3.24. The van der Waals surface area contributed by atoms with Gasteiger partial charge in [0.2, 0.25) is 0 Å². The lowest BCUT2D eigenvalue weighted by Crippen LogP contribution is -3.14. The predicted molar refractivity (Wildman–Crippen MR) is 76.6 cm³/mol. The molecule has 1 heterocycles. The topological polar surface area (TPSA) is 59.8 Å². The minimum Gasteiger partial charge on any atom is -0.382 e. The van der Waals surface area contributed by atoms with E-state index in [1.165, 1.54) is 4.90 Å². The van der Waals surface area contributed by atoms with Crippen LogP contribution >= 0.6 is 0 Å². The van der Waals surface area contributed by atoms with Gasteiger partial charge in [-0.05, 0) is 0 Å². The monoisotopic (exact) mass is 308 g/mol. The molecule has 1 aliphatic rings. The Bertz CT molecular complexity index is 226. The van der Waals surface area contributed by atoms with Crippen LogP contribution < -0.4 is 4.90 Å². The average molecular weight is 308 g/mol. The van der Waals surface area contributed by atoms with Gasteiger partial charge in [-0.15, -0.1) is 0 Å². The van der Waals surface area contributed by atoms with E-state index in [1.54, 1.807) is 14.2 Å². The zero-order valence-electron chi connectivity index (χ0n) is 13.3. The van der Waals surface area contributed by atoms with E-state index in [0.717, 1.165) is 32.8 Å². The Morgan fingerprint density at radius 1 is 0.905 bits per heavy atom. The fourth-order valence-electron chi connectivity index (χ4n) is 1.97. The first-order valence-electron chi connectivity index (χ1n) is 7.57. The molecule has 0 radical (unpaired) electrons. The fraction of sp³-hybridized carbons (Fsp3) is 1.00. The lowest BCUT2D eigenvalue weighted by Gasteiger charge is -2.25. The van der Waals surface area contributed by atoms with Crippen molar-refractivity contribution >= 4 is 0 Å². The van der Waals surface area contributed by atoms with E-state index in [0.29, 0.717) is 39.6 Å². The van der Waals surface area contributed by atoms with Gasteiger partial charge in [-0.2, -0.15) is 0 Å². The van der Waals surface area contributed by atoms with Crippen molar-refractivity contribution in [3.8, 4) is 0 Å². The quantitative estimate of drug-likeness (QED) is 0.333. The van der Waals surface area contributed by atoms with Crippen molar-refractivity contribution in [3.05, 3.63) is 0 Å². The summed E-state index contributed by atoms with van der Waals surface area (Å²) in [7, 11) is 3.30. The molecule has 0 bridgehead atoms. The molecule has 1 atom stereocenters. The van der Waals surface area contributed by atoms with E-state index in [2.05, 4.69) is 0 Å². The Balaban J connectivity index is 2.12. The SMILES string of the molecule is COCCOCC(OCCOC)OCC[NH+]1CCOCC1. The number of quaternary nitrogens is 1. The lowest BCUT2D eigenvalue weighted by molar-refractivity contribution is -0.908. The highest BCUT2D eigenvalue weighted by Gasteiger charge is 2.15. The van der Waals surface area contributed by atoms with Crippen LogP contribution in [0.3, 0.4) is 0 Å². The van der Waals surface area contributed by atoms with E-state index in [4.69, 9.17) is 28.4 Å². The molecule has 21 heavy (non-hydrogen) atoms. The van der Waals surface area contributed by atoms with Gasteiger partial charge in [0.25, 0.3) is 0 Å². The van der Waals surface area contributed by atoms with Gasteiger partial charge >= 0.3 is 0 Å². The largest absolute Gasteiger partial charge is 0.382 e. The Labute approximate surface area is 127 Å². The van der Waals surface area contributed by atoms with Crippen LogP contribution in [-0.2, 0) is 28.4 Å². The minimum atomic E-state index is -0.350. The summed E-state index contributed by atoms with van der Waals surface area (Å²) in [5.74, 6) is 0. The number of rotatable bonds is 13. The predicted octanol–water partition coefficient (Wildman–Crippen LogP) is -1.43. The van der Waals surface area contributed by atoms with E-state index in [9.17, 15) is 0 Å². The molecule has 7 nitrogen and oxygen atoms in total. The summed E-state index contributed by atoms with van der Waals surface area (Å²) < 4.78 is 32.1. The molecule has 7 heteroatoms. The molecule has 1 rings (SSSR count). The van der Waals surface area contributed by atoms with Crippen LogP contribution in [-0.4, -0.2) is 93.0 Å². The van der Waals surface area contributed by atoms with E-state index >= 15 is 0 Å². The van der Waals surface area contributed by atoms with Gasteiger partial charge in [0.05, 0.1) is 52.9 Å². The summed E-state index contributed by atoms with van der Waals surface area (Å²) in [5.41, 5.74) is 0. The summed E-state index contributed by atoms with van der Waals surface area (Å²) in [4.78, 5) is 1.51. The highest BCUT2D eigenvalue weighted by molar-refractivity contribution is 4.45. The first kappa shape index (κ1) is 18.8. The molecular weight excluding hydrogens is 278 g/mol. The lowest BCUT2D eigenvalue weighted by atomic mass is 10.4. The first-order valence-corrected chi connectivity index (χ1v) is 7.57. The molecule has 1 unspecified atom stereocenters. The normalized spacial score (nSPS) is 18.0. The summed E-state index contributed by atoms with van der Waals surface area (Å²) in [6.07, 6.45) is -0.350. The smallest absolute Gasteiger partial charge is 0.181 e. The average Bonchev–Trinajstić information content (AvgIpc) is 2.52. The highest BCUT2D eigenvalue weighted by Crippen LogP contribution is 1.96. The van der Waals surface area contributed by atoms with Crippen LogP contribution in [0.5, 0.6) is 0 Å². The molecule has 0 amide bonds. The second kappa shape index (κ2) is 13.4. The molecule has 126 valence electrons. The van der Waals surface area contributed by atoms with Crippen LogP contribution in [0.2, 0.25) is 0 Å². The molecule has 1 fully saturated rings. The summed E-state index contributed by atoms with van der Waals surface area (Å²) in [5, 5.41) is 0. The standard InChI is InChI=1S/C14H29NO6/c1-16-9-11-19-13-14(21-12-10-17-2)20-8-5-15-3-6-18-7-4-15/h14H,3-13H2,1-2H3/p+1. The Hall–Kier alpha value is -0.280. The number of ether oxygens (including phenoxy) is 6. The first-order chi connectivity index (χ1) is 10.4. The van der Waals surface area contributed by atoms with Crippen LogP contribution in [0, 0.1) is 0 Å². The van der Waals surface area contributed by atoms with E-state index in [-0.39, 0.29) is 6.29 Å². The van der Waals surface area contributed by atoms with Crippen molar-refractivity contribution in [3.63, 3.8) is 0 Å². The van der Waals surface area contributed by atoms with Gasteiger partial charge in [0, 0.05) is 14.2 Å². The molecule has 0 aromatic heterocycles. The van der Waals surface area contributed by atoms with Gasteiger partial charge < -0.3 is 33.3 Å². The highest BCUT2D eigenvalue weighted by atomic mass is 16.7. The summed E-state index contributed by atoms with van der Waals surface area (Å²) in [6.45, 7) is 7.95. The Morgan fingerprint density at radius 3 is 2.29 bits per heavy atom. The Morgan fingerprint density at radius 2 is 1.57 bits per heavy atom. The van der Waals surface area contributed by atoms with Crippen LogP contribution in [0.1, 0.15) is 0 Å². The molecule has 1 N–H and O–H groups in total. The van der Waals surface area contributed by atoms with Gasteiger partial charge in [0.1, 0.15) is 19.6 Å². The number of methoxy groups -OCH3 is 2.